The summed E-state index contributed by atoms with van der Waals surface area (Å²) >= 11 is 0. The molecule has 34 heavy (non-hydrogen) atoms. The Bertz CT molecular complexity index is 1250. The minimum atomic E-state index is -0.741. The summed E-state index contributed by atoms with van der Waals surface area (Å²) in [6, 6.07) is 16.0. The normalized spacial score (nSPS) is 17.6. The first-order valence-electron chi connectivity index (χ1n) is 11.0. The number of para-hydroxylation sites is 1. The Morgan fingerprint density at radius 1 is 1.12 bits per heavy atom. The Kier molecular flexibility index (Phi) is 6.51. The first-order chi connectivity index (χ1) is 16.3. The van der Waals surface area contributed by atoms with Crippen LogP contribution in [0.5, 0.6) is 5.75 Å². The van der Waals surface area contributed by atoms with E-state index in [1.165, 1.54) is 11.1 Å². The first kappa shape index (κ1) is 23.3. The van der Waals surface area contributed by atoms with Crippen LogP contribution in [0.2, 0.25) is 0 Å². The van der Waals surface area contributed by atoms with E-state index < -0.39 is 17.7 Å². The van der Waals surface area contributed by atoms with Gasteiger partial charge in [-0.2, -0.15) is 5.10 Å². The van der Waals surface area contributed by atoms with Gasteiger partial charge in [0.05, 0.1) is 41.9 Å². The Hall–Kier alpha value is -3.91. The van der Waals surface area contributed by atoms with Crippen LogP contribution in [0.1, 0.15) is 22.9 Å². The number of carbonyl (C=O) groups excluding carboxylic acids is 2. The number of hydrogen-bond acceptors (Lipinski definition) is 6. The van der Waals surface area contributed by atoms with Gasteiger partial charge in [-0.05, 0) is 50.8 Å². The van der Waals surface area contributed by atoms with Gasteiger partial charge < -0.3 is 19.6 Å². The zero-order valence-corrected chi connectivity index (χ0v) is 19.7. The van der Waals surface area contributed by atoms with Gasteiger partial charge in [-0.25, -0.2) is 4.68 Å². The number of aromatic nitrogens is 2. The number of rotatable bonds is 7. The van der Waals surface area contributed by atoms with Crippen LogP contribution in [0.3, 0.4) is 0 Å². The highest BCUT2D eigenvalue weighted by atomic mass is 16.5. The van der Waals surface area contributed by atoms with Crippen molar-refractivity contribution in [1.82, 2.24) is 19.6 Å². The maximum Gasteiger partial charge on any atom is 0.295 e. The van der Waals surface area contributed by atoms with Gasteiger partial charge >= 0.3 is 0 Å². The van der Waals surface area contributed by atoms with Gasteiger partial charge in [-0.1, -0.05) is 30.3 Å². The van der Waals surface area contributed by atoms with Gasteiger partial charge in [-0.15, -0.1) is 0 Å². The van der Waals surface area contributed by atoms with Crippen LogP contribution >= 0.6 is 0 Å². The fourth-order valence-electron chi connectivity index (χ4n) is 4.19. The predicted molar refractivity (Wildman–Crippen MR) is 129 cm³/mol. The number of Topliss-reactive ketones (excluding diaryl/α,β-unsaturated/α-hetero) is 1. The Morgan fingerprint density at radius 3 is 2.53 bits per heavy atom. The molecule has 1 fully saturated rings. The molecule has 2 aromatic carbocycles. The summed E-state index contributed by atoms with van der Waals surface area (Å²) in [7, 11) is 5.36. The molecular formula is C26H28N4O4. The first-order valence-corrected chi connectivity index (χ1v) is 11.0. The topological polar surface area (TPSA) is 87.9 Å². The molecule has 1 saturated heterocycles. The zero-order chi connectivity index (χ0) is 24.4. The van der Waals surface area contributed by atoms with Gasteiger partial charge in [0.1, 0.15) is 11.5 Å². The zero-order valence-electron chi connectivity index (χ0n) is 19.7. The van der Waals surface area contributed by atoms with Crippen molar-refractivity contribution in [1.29, 1.82) is 0 Å². The lowest BCUT2D eigenvalue weighted by Crippen LogP contribution is -2.35. The maximum atomic E-state index is 13.2. The molecule has 0 bridgehead atoms. The van der Waals surface area contributed by atoms with Crippen LogP contribution < -0.4 is 4.74 Å². The van der Waals surface area contributed by atoms with Crippen LogP contribution in [0, 0.1) is 6.92 Å². The third kappa shape index (κ3) is 4.20. The van der Waals surface area contributed by atoms with Crippen molar-refractivity contribution in [2.45, 2.75) is 13.0 Å². The molecule has 1 aliphatic heterocycles. The van der Waals surface area contributed by atoms with Crippen LogP contribution in [-0.4, -0.2) is 70.7 Å². The molecule has 2 heterocycles. The lowest BCUT2D eigenvalue weighted by Gasteiger charge is -2.26. The summed E-state index contributed by atoms with van der Waals surface area (Å²) in [5.74, 6) is -0.984. The SMILES string of the molecule is COc1cccc([C@H]2/C(=C(\O)c3cnn(-c4ccccc4)c3C)C(=O)C(=O)N2CCN(C)C)c1. The van der Waals surface area contributed by atoms with E-state index in [0.29, 0.717) is 35.7 Å². The smallest absolute Gasteiger partial charge is 0.295 e. The predicted octanol–water partition coefficient (Wildman–Crippen LogP) is 3.17. The minimum Gasteiger partial charge on any atom is -0.507 e. The molecule has 8 heteroatoms. The standard InChI is InChI=1S/C26H28N4O4/c1-17-21(16-27-30(17)19-10-6-5-7-11-19)24(31)22-23(18-9-8-12-20(15-18)34-4)29(14-13-28(2)3)26(33)25(22)32/h5-12,15-16,23,31H,13-14H2,1-4H3/b24-22+/t23-/m0/s1. The number of likely N-dealkylation sites (N-methyl/N-ethyl adjacent to an activating group) is 1. The summed E-state index contributed by atoms with van der Waals surface area (Å²) in [5.41, 5.74) is 2.63. The van der Waals surface area contributed by atoms with Crippen LogP contribution in [0.25, 0.3) is 11.4 Å². The quantitative estimate of drug-likeness (QED) is 0.331. The summed E-state index contributed by atoms with van der Waals surface area (Å²) in [6.07, 6.45) is 1.52. The number of methoxy groups -OCH3 is 1. The number of nitrogens with zero attached hydrogens (tertiary/aromatic N) is 4. The second-order valence-corrected chi connectivity index (χ2v) is 8.46. The molecule has 0 aliphatic carbocycles. The molecule has 0 spiro atoms. The van der Waals surface area contributed by atoms with E-state index in [9.17, 15) is 14.7 Å². The molecule has 1 N–H and O–H groups in total. The largest absolute Gasteiger partial charge is 0.507 e. The van der Waals surface area contributed by atoms with E-state index in [0.717, 1.165) is 5.69 Å². The Morgan fingerprint density at radius 2 is 1.85 bits per heavy atom. The molecule has 0 saturated carbocycles. The number of aliphatic hydroxyl groups is 1. The highest BCUT2D eigenvalue weighted by Crippen LogP contribution is 2.40. The molecule has 176 valence electrons. The van der Waals surface area contributed by atoms with Crippen molar-refractivity contribution in [3.63, 3.8) is 0 Å². The molecule has 1 aliphatic rings. The molecule has 1 amide bonds. The number of carbonyl (C=O) groups is 2. The van der Waals surface area contributed by atoms with Crippen LogP contribution in [-0.2, 0) is 9.59 Å². The highest BCUT2D eigenvalue weighted by molar-refractivity contribution is 6.46. The molecule has 1 aromatic heterocycles. The summed E-state index contributed by atoms with van der Waals surface area (Å²) in [6.45, 7) is 2.72. The lowest BCUT2D eigenvalue weighted by atomic mass is 9.95. The Balaban J connectivity index is 1.86. The second-order valence-electron chi connectivity index (χ2n) is 8.46. The van der Waals surface area contributed by atoms with Crippen molar-refractivity contribution in [3.8, 4) is 11.4 Å². The number of ketones is 1. The average molecular weight is 461 g/mol. The lowest BCUT2D eigenvalue weighted by molar-refractivity contribution is -0.140. The van der Waals surface area contributed by atoms with E-state index >= 15 is 0 Å². The third-order valence-electron chi connectivity index (χ3n) is 6.00. The van der Waals surface area contributed by atoms with Crippen molar-refractivity contribution >= 4 is 17.4 Å². The average Bonchev–Trinajstić information content (AvgIpc) is 3.35. The van der Waals surface area contributed by atoms with Crippen LogP contribution in [0.15, 0.2) is 66.4 Å². The third-order valence-corrected chi connectivity index (χ3v) is 6.00. The number of aliphatic hydroxyl groups excluding tert-OH is 1. The summed E-state index contributed by atoms with van der Waals surface area (Å²) in [4.78, 5) is 29.7. The van der Waals surface area contributed by atoms with E-state index in [1.54, 1.807) is 30.0 Å². The molecule has 0 radical (unpaired) electrons. The molecule has 4 rings (SSSR count). The fraction of sp³-hybridized carbons (Fsp3) is 0.269. The van der Waals surface area contributed by atoms with Gasteiger partial charge in [0.15, 0.2) is 0 Å². The summed E-state index contributed by atoms with van der Waals surface area (Å²) < 4.78 is 7.06. The fourth-order valence-corrected chi connectivity index (χ4v) is 4.19. The summed E-state index contributed by atoms with van der Waals surface area (Å²) in [5, 5.41) is 15.8. The van der Waals surface area contributed by atoms with Crippen molar-refractivity contribution < 1.29 is 19.4 Å². The van der Waals surface area contributed by atoms with Gasteiger partial charge in [0.25, 0.3) is 11.7 Å². The van der Waals surface area contributed by atoms with Crippen molar-refractivity contribution in [2.75, 3.05) is 34.3 Å². The molecule has 1 atom stereocenters. The number of ether oxygens (including phenoxy) is 1. The van der Waals surface area contributed by atoms with Crippen LogP contribution in [0.4, 0.5) is 0 Å². The maximum absolute atomic E-state index is 13.2. The number of hydrogen-bond donors (Lipinski definition) is 1. The van der Waals surface area contributed by atoms with Crippen molar-refractivity contribution in [2.24, 2.45) is 0 Å². The highest BCUT2D eigenvalue weighted by Gasteiger charge is 2.46. The molecule has 0 unspecified atom stereocenters. The van der Waals surface area contributed by atoms with E-state index in [2.05, 4.69) is 5.10 Å². The number of amides is 1. The molecule has 8 nitrogen and oxygen atoms in total. The Labute approximate surface area is 198 Å². The number of likely N-dealkylation sites (tertiary alicyclic amines) is 1. The van der Waals surface area contributed by atoms with Crippen molar-refractivity contribution in [3.05, 3.63) is 83.2 Å². The van der Waals surface area contributed by atoms with E-state index in [4.69, 9.17) is 4.74 Å². The second kappa shape index (κ2) is 9.52. The van der Waals surface area contributed by atoms with Gasteiger partial charge in [0, 0.05) is 13.1 Å². The van der Waals surface area contributed by atoms with Gasteiger partial charge in [0.2, 0.25) is 0 Å². The molecular weight excluding hydrogens is 432 g/mol. The van der Waals surface area contributed by atoms with E-state index in [1.807, 2.05) is 62.3 Å². The molecule has 3 aromatic rings. The minimum absolute atomic E-state index is 0.0488. The monoisotopic (exact) mass is 460 g/mol. The van der Waals surface area contributed by atoms with Gasteiger partial charge in [-0.3, -0.25) is 9.59 Å². The number of benzene rings is 2. The van der Waals surface area contributed by atoms with E-state index in [-0.39, 0.29) is 11.3 Å².